The quantitative estimate of drug-likeness (QED) is 0.636. The van der Waals surface area contributed by atoms with Gasteiger partial charge < -0.3 is 20.2 Å². The fourth-order valence-corrected chi connectivity index (χ4v) is 3.51. The van der Waals surface area contributed by atoms with Crippen molar-refractivity contribution in [3.63, 3.8) is 0 Å². The number of rotatable bonds is 10. The van der Waals surface area contributed by atoms with Crippen LogP contribution in [0.2, 0.25) is 0 Å². The van der Waals surface area contributed by atoms with Gasteiger partial charge in [0.2, 0.25) is 0 Å². The Balaban J connectivity index is 2.45. The van der Waals surface area contributed by atoms with Crippen LogP contribution in [0.3, 0.4) is 0 Å². The molecule has 0 spiro atoms. The maximum Gasteiger partial charge on any atom is 0.0615 e. The van der Waals surface area contributed by atoms with Crippen LogP contribution in [-0.4, -0.2) is 74.4 Å². The monoisotopic (exact) mass is 285 g/mol. The first-order valence-corrected chi connectivity index (χ1v) is 8.24. The van der Waals surface area contributed by atoms with Crippen molar-refractivity contribution in [3.05, 3.63) is 0 Å². The van der Waals surface area contributed by atoms with Crippen LogP contribution in [0.4, 0.5) is 0 Å². The lowest BCUT2D eigenvalue weighted by atomic mass is 9.85. The first kappa shape index (κ1) is 17.9. The maximum absolute atomic E-state index is 9.75. The van der Waals surface area contributed by atoms with Crippen molar-refractivity contribution >= 4 is 0 Å². The maximum atomic E-state index is 9.75. The first-order chi connectivity index (χ1) is 9.57. The van der Waals surface area contributed by atoms with Crippen LogP contribution in [0.15, 0.2) is 0 Å². The minimum atomic E-state index is -0.0145. The fourth-order valence-electron chi connectivity index (χ4n) is 3.51. The summed E-state index contributed by atoms with van der Waals surface area (Å²) in [5, 5.41) is 13.2. The summed E-state index contributed by atoms with van der Waals surface area (Å²) < 4.78 is 0. The van der Waals surface area contributed by atoms with Crippen molar-refractivity contribution in [2.45, 2.75) is 44.6 Å². The smallest absolute Gasteiger partial charge is 0.0615 e. The average molecular weight is 285 g/mol. The highest BCUT2D eigenvalue weighted by Gasteiger charge is 2.40. The third kappa shape index (κ3) is 4.99. The summed E-state index contributed by atoms with van der Waals surface area (Å²) >= 11 is 0. The van der Waals surface area contributed by atoms with Crippen LogP contribution in [0, 0.1) is 5.92 Å². The Bertz CT molecular complexity index is 254. The summed E-state index contributed by atoms with van der Waals surface area (Å²) in [5.74, 6) is 0.621. The summed E-state index contributed by atoms with van der Waals surface area (Å²) in [5.41, 5.74) is -0.0145. The molecule has 0 radical (unpaired) electrons. The van der Waals surface area contributed by atoms with Crippen LogP contribution in [-0.2, 0) is 0 Å². The molecule has 0 bridgehead atoms. The van der Waals surface area contributed by atoms with Crippen LogP contribution >= 0.6 is 0 Å². The number of likely N-dealkylation sites (N-methyl/N-ethyl adjacent to an activating group) is 2. The van der Waals surface area contributed by atoms with Crippen LogP contribution in [0.5, 0.6) is 0 Å². The van der Waals surface area contributed by atoms with Gasteiger partial charge in [-0.05, 0) is 65.8 Å². The van der Waals surface area contributed by atoms with Crippen molar-refractivity contribution in [3.8, 4) is 0 Å². The van der Waals surface area contributed by atoms with Gasteiger partial charge in [0.05, 0.1) is 6.61 Å². The van der Waals surface area contributed by atoms with Gasteiger partial charge in [-0.2, -0.15) is 0 Å². The zero-order chi connectivity index (χ0) is 15.0. The molecule has 4 nitrogen and oxygen atoms in total. The van der Waals surface area contributed by atoms with Crippen molar-refractivity contribution in [2.24, 2.45) is 5.92 Å². The van der Waals surface area contributed by atoms with E-state index in [-0.39, 0.29) is 12.1 Å². The first-order valence-electron chi connectivity index (χ1n) is 8.24. The van der Waals surface area contributed by atoms with E-state index in [1.807, 2.05) is 7.05 Å². The number of aliphatic hydroxyl groups is 1. The van der Waals surface area contributed by atoms with Gasteiger partial charge in [-0.15, -0.1) is 0 Å². The molecule has 0 aromatic rings. The van der Waals surface area contributed by atoms with E-state index in [0.29, 0.717) is 5.92 Å². The highest BCUT2D eigenvalue weighted by molar-refractivity contribution is 4.98. The third-order valence-corrected chi connectivity index (χ3v) is 4.93. The van der Waals surface area contributed by atoms with E-state index in [4.69, 9.17) is 0 Å². The Kier molecular flexibility index (Phi) is 8.03. The topological polar surface area (TPSA) is 38.7 Å². The normalized spacial score (nSPS) is 26.9. The number of nitrogens with one attached hydrogen (secondary N) is 1. The van der Waals surface area contributed by atoms with Crippen molar-refractivity contribution in [1.29, 1.82) is 0 Å². The lowest BCUT2D eigenvalue weighted by Crippen LogP contribution is -2.50. The molecule has 0 amide bonds. The zero-order valence-corrected chi connectivity index (χ0v) is 14.0. The molecule has 1 aliphatic rings. The second kappa shape index (κ2) is 8.98. The number of aliphatic hydroxyl groups excluding tert-OH is 1. The summed E-state index contributed by atoms with van der Waals surface area (Å²) in [6, 6.07) is 0. The number of nitrogens with zero attached hydrogens (tertiary/aromatic N) is 2. The van der Waals surface area contributed by atoms with Gasteiger partial charge in [0, 0.05) is 18.6 Å². The Hall–Kier alpha value is -0.160. The summed E-state index contributed by atoms with van der Waals surface area (Å²) in [6.07, 6.45) is 6.05. The molecule has 20 heavy (non-hydrogen) atoms. The Morgan fingerprint density at radius 1 is 1.20 bits per heavy atom. The molecule has 0 aromatic heterocycles. The minimum Gasteiger partial charge on any atom is -0.394 e. The van der Waals surface area contributed by atoms with E-state index in [9.17, 15) is 5.11 Å². The molecule has 1 fully saturated rings. The van der Waals surface area contributed by atoms with E-state index in [1.54, 1.807) is 0 Å². The Labute approximate surface area is 125 Å². The van der Waals surface area contributed by atoms with Crippen LogP contribution in [0.25, 0.3) is 0 Å². The van der Waals surface area contributed by atoms with Crippen LogP contribution in [0.1, 0.15) is 39.0 Å². The highest BCUT2D eigenvalue weighted by Crippen LogP contribution is 2.37. The molecule has 0 saturated heterocycles. The molecular formula is C16H35N3O. The van der Waals surface area contributed by atoms with Crippen molar-refractivity contribution in [1.82, 2.24) is 15.1 Å². The number of hydrogen-bond donors (Lipinski definition) is 2. The molecule has 0 aliphatic heterocycles. The van der Waals surface area contributed by atoms with Crippen LogP contribution < -0.4 is 5.32 Å². The summed E-state index contributed by atoms with van der Waals surface area (Å²) in [6.45, 7) is 7.16. The molecule has 1 saturated carbocycles. The molecular weight excluding hydrogens is 250 g/mol. The lowest BCUT2D eigenvalue weighted by molar-refractivity contribution is 0.117. The minimum absolute atomic E-state index is 0.0145. The van der Waals surface area contributed by atoms with Gasteiger partial charge in [-0.25, -0.2) is 0 Å². The SMILES string of the molecule is CCCN(CCC1CCCC1(CO)NC)CCN(C)C. The lowest BCUT2D eigenvalue weighted by Gasteiger charge is -2.35. The summed E-state index contributed by atoms with van der Waals surface area (Å²) in [7, 11) is 6.28. The molecule has 1 aliphatic carbocycles. The molecule has 0 heterocycles. The van der Waals surface area contributed by atoms with E-state index >= 15 is 0 Å². The second-order valence-electron chi connectivity index (χ2n) is 6.59. The molecule has 2 N–H and O–H groups in total. The molecule has 2 atom stereocenters. The molecule has 1 rings (SSSR count). The van der Waals surface area contributed by atoms with E-state index in [1.165, 1.54) is 32.2 Å². The number of hydrogen-bond acceptors (Lipinski definition) is 4. The standard InChI is InChI=1S/C16H35N3O/c1-5-10-19(13-12-18(3)4)11-8-15-7-6-9-16(15,14-20)17-2/h15,17,20H,5-14H2,1-4H3. The van der Waals surface area contributed by atoms with Gasteiger partial charge in [-0.3, -0.25) is 0 Å². The predicted octanol–water partition coefficient (Wildman–Crippen LogP) is 1.40. The van der Waals surface area contributed by atoms with Gasteiger partial charge in [0.1, 0.15) is 0 Å². The van der Waals surface area contributed by atoms with Gasteiger partial charge in [0.25, 0.3) is 0 Å². The van der Waals surface area contributed by atoms with E-state index in [0.717, 1.165) is 26.1 Å². The fraction of sp³-hybridized carbons (Fsp3) is 1.00. The molecule has 120 valence electrons. The highest BCUT2D eigenvalue weighted by atomic mass is 16.3. The average Bonchev–Trinajstić information content (AvgIpc) is 2.85. The van der Waals surface area contributed by atoms with Crippen molar-refractivity contribution < 1.29 is 5.11 Å². The zero-order valence-electron chi connectivity index (χ0n) is 14.0. The van der Waals surface area contributed by atoms with E-state index in [2.05, 4.69) is 36.1 Å². The van der Waals surface area contributed by atoms with Gasteiger partial charge in [0.15, 0.2) is 0 Å². The van der Waals surface area contributed by atoms with Gasteiger partial charge in [-0.1, -0.05) is 13.3 Å². The largest absolute Gasteiger partial charge is 0.394 e. The Morgan fingerprint density at radius 2 is 1.95 bits per heavy atom. The van der Waals surface area contributed by atoms with E-state index < -0.39 is 0 Å². The molecule has 4 heteroatoms. The second-order valence-corrected chi connectivity index (χ2v) is 6.59. The third-order valence-electron chi connectivity index (χ3n) is 4.93. The predicted molar refractivity (Wildman–Crippen MR) is 86.1 cm³/mol. The molecule has 2 unspecified atom stereocenters. The van der Waals surface area contributed by atoms with Crippen molar-refractivity contribution in [2.75, 3.05) is 53.9 Å². The Morgan fingerprint density at radius 3 is 2.50 bits per heavy atom. The summed E-state index contributed by atoms with van der Waals surface area (Å²) in [4.78, 5) is 4.83. The van der Waals surface area contributed by atoms with Gasteiger partial charge >= 0.3 is 0 Å². The molecule has 0 aromatic carbocycles.